The molecule has 1 aliphatic rings. The van der Waals surface area contributed by atoms with Crippen LogP contribution < -0.4 is 5.32 Å². The molecule has 3 N–H and O–H groups in total. The summed E-state index contributed by atoms with van der Waals surface area (Å²) in [6, 6.07) is 8.91. The number of nitrogens with one attached hydrogen (secondary N) is 1. The highest BCUT2D eigenvalue weighted by Gasteiger charge is 2.35. The first-order valence-electron chi connectivity index (χ1n) is 10.2. The van der Waals surface area contributed by atoms with Crippen LogP contribution in [-0.2, 0) is 6.61 Å². The summed E-state index contributed by atoms with van der Waals surface area (Å²) in [5.41, 5.74) is 3.67. The molecule has 0 radical (unpaired) electrons. The fourth-order valence-corrected chi connectivity index (χ4v) is 3.68. The smallest absolute Gasteiger partial charge is 0.407 e. The van der Waals surface area contributed by atoms with Crippen LogP contribution in [-0.4, -0.2) is 59.7 Å². The van der Waals surface area contributed by atoms with Crippen molar-refractivity contribution in [2.75, 3.05) is 18.4 Å². The highest BCUT2D eigenvalue weighted by Crippen LogP contribution is 2.29. The minimum atomic E-state index is -0.969. The van der Waals surface area contributed by atoms with Gasteiger partial charge in [0.1, 0.15) is 11.3 Å². The van der Waals surface area contributed by atoms with Crippen molar-refractivity contribution in [3.63, 3.8) is 0 Å². The van der Waals surface area contributed by atoms with E-state index in [2.05, 4.69) is 20.4 Å². The minimum Gasteiger partial charge on any atom is -0.465 e. The molecule has 5 rings (SSSR count). The summed E-state index contributed by atoms with van der Waals surface area (Å²) in [6.45, 7) is 2.37. The van der Waals surface area contributed by atoms with Gasteiger partial charge in [0.05, 0.1) is 18.7 Å². The summed E-state index contributed by atoms with van der Waals surface area (Å²) < 4.78 is 6.96. The number of fused-ring (bicyclic) bond motifs is 1. The van der Waals surface area contributed by atoms with Gasteiger partial charge in [-0.2, -0.15) is 4.98 Å². The lowest BCUT2D eigenvalue weighted by Crippen LogP contribution is -2.47. The molecule has 1 saturated heterocycles. The van der Waals surface area contributed by atoms with E-state index in [1.54, 1.807) is 28.8 Å². The average Bonchev–Trinajstić information content (AvgIpc) is 3.41. The number of hydrogen-bond acceptors (Lipinski definition) is 7. The molecular weight excluding hydrogens is 428 g/mol. The van der Waals surface area contributed by atoms with Gasteiger partial charge in [0.25, 0.3) is 5.91 Å². The lowest BCUT2D eigenvalue weighted by atomic mass is 10.0. The van der Waals surface area contributed by atoms with E-state index in [0.29, 0.717) is 53.0 Å². The highest BCUT2D eigenvalue weighted by atomic mass is 16.5. The predicted octanol–water partition coefficient (Wildman–Crippen LogP) is 2.51. The molecule has 0 saturated carbocycles. The second-order valence-corrected chi connectivity index (χ2v) is 7.89. The largest absolute Gasteiger partial charge is 0.465 e. The van der Waals surface area contributed by atoms with Crippen molar-refractivity contribution in [2.45, 2.75) is 19.4 Å². The number of aryl methyl sites for hydroxylation is 1. The number of aliphatic hydroxyl groups excluding tert-OH is 1. The zero-order valence-electron chi connectivity index (χ0n) is 17.6. The van der Waals surface area contributed by atoms with Crippen LogP contribution in [0.4, 0.5) is 10.5 Å². The molecule has 1 aliphatic heterocycles. The summed E-state index contributed by atoms with van der Waals surface area (Å²) in [5, 5.41) is 25.3. The van der Waals surface area contributed by atoms with Crippen molar-refractivity contribution in [3.8, 4) is 11.4 Å². The number of nitrogens with zero attached hydrogens (tertiary/aromatic N) is 5. The number of rotatable bonds is 5. The normalized spacial score (nSPS) is 13.8. The van der Waals surface area contributed by atoms with Crippen LogP contribution in [0.3, 0.4) is 0 Å². The molecule has 1 fully saturated rings. The maximum Gasteiger partial charge on any atom is 0.407 e. The molecule has 4 aromatic rings. The van der Waals surface area contributed by atoms with E-state index >= 15 is 0 Å². The number of amides is 2. The van der Waals surface area contributed by atoms with Gasteiger partial charge in [-0.15, -0.1) is 0 Å². The maximum absolute atomic E-state index is 13.0. The summed E-state index contributed by atoms with van der Waals surface area (Å²) in [4.78, 5) is 33.8. The summed E-state index contributed by atoms with van der Waals surface area (Å²) >= 11 is 0. The predicted molar refractivity (Wildman–Crippen MR) is 116 cm³/mol. The van der Waals surface area contributed by atoms with Crippen LogP contribution in [0.15, 0.2) is 47.2 Å². The van der Waals surface area contributed by atoms with Gasteiger partial charge >= 0.3 is 6.09 Å². The molecule has 2 amide bonds. The number of hydrogen-bond donors (Lipinski definition) is 3. The van der Waals surface area contributed by atoms with E-state index in [0.717, 1.165) is 5.56 Å². The molecular formula is C22H20N6O5. The Labute approximate surface area is 187 Å². The van der Waals surface area contributed by atoms with E-state index in [9.17, 15) is 14.7 Å². The quantitative estimate of drug-likeness (QED) is 0.422. The van der Waals surface area contributed by atoms with Crippen LogP contribution in [0, 0.1) is 6.92 Å². The molecule has 0 aliphatic carbocycles. The second-order valence-electron chi connectivity index (χ2n) is 7.89. The fraction of sp³-hybridized carbons (Fsp3) is 0.227. The number of aliphatic hydroxyl groups is 1. The van der Waals surface area contributed by atoms with E-state index < -0.39 is 6.09 Å². The van der Waals surface area contributed by atoms with Crippen molar-refractivity contribution in [1.82, 2.24) is 24.4 Å². The minimum absolute atomic E-state index is 0.120. The molecule has 4 heterocycles. The van der Waals surface area contributed by atoms with E-state index in [-0.39, 0.29) is 18.4 Å². The van der Waals surface area contributed by atoms with Crippen molar-refractivity contribution in [3.05, 3.63) is 65.4 Å². The van der Waals surface area contributed by atoms with Crippen LogP contribution in [0.25, 0.3) is 17.0 Å². The van der Waals surface area contributed by atoms with Crippen molar-refractivity contribution < 1.29 is 24.3 Å². The number of imidazole rings is 1. The van der Waals surface area contributed by atoms with Gasteiger partial charge in [0.2, 0.25) is 11.7 Å². The third kappa shape index (κ3) is 3.78. The number of carboxylic acid groups (broad SMARTS) is 1. The summed E-state index contributed by atoms with van der Waals surface area (Å²) in [7, 11) is 0. The number of likely N-dealkylation sites (tertiary alicyclic amines) is 1. The van der Waals surface area contributed by atoms with Crippen LogP contribution in [0.2, 0.25) is 0 Å². The zero-order valence-corrected chi connectivity index (χ0v) is 17.6. The molecule has 0 bridgehead atoms. The number of carbonyl (C=O) groups excluding carboxylic acids is 1. The molecule has 0 atom stereocenters. The van der Waals surface area contributed by atoms with Crippen LogP contribution in [0.5, 0.6) is 0 Å². The molecule has 3 aromatic heterocycles. The Morgan fingerprint density at radius 2 is 2.06 bits per heavy atom. The first kappa shape index (κ1) is 20.6. The number of aromatic nitrogens is 4. The Hall–Kier alpha value is -4.25. The summed E-state index contributed by atoms with van der Waals surface area (Å²) in [5.74, 6) is 0.275. The van der Waals surface area contributed by atoms with Crippen molar-refractivity contribution in [2.24, 2.45) is 0 Å². The molecule has 11 nitrogen and oxygen atoms in total. The first-order valence-corrected chi connectivity index (χ1v) is 10.2. The SMILES string of the molecule is Cc1ccc(-c2noc(C3CN(C(=O)O)C3)n2)cc1NC(=O)c1cnc2ccc(CO)cn12. The number of pyridine rings is 1. The molecule has 0 unspecified atom stereocenters. The molecule has 0 spiro atoms. The Bertz CT molecular complexity index is 1370. The topological polar surface area (TPSA) is 146 Å². The van der Waals surface area contributed by atoms with E-state index in [1.807, 2.05) is 19.1 Å². The Balaban J connectivity index is 1.37. The first-order chi connectivity index (χ1) is 15.9. The van der Waals surface area contributed by atoms with Gasteiger partial charge in [0.15, 0.2) is 0 Å². The Kier molecular flexibility index (Phi) is 5.02. The van der Waals surface area contributed by atoms with Gasteiger partial charge in [0, 0.05) is 30.5 Å². The third-order valence-corrected chi connectivity index (χ3v) is 5.67. The highest BCUT2D eigenvalue weighted by molar-refractivity contribution is 6.04. The average molecular weight is 448 g/mol. The maximum atomic E-state index is 13.0. The van der Waals surface area contributed by atoms with Crippen LogP contribution in [0.1, 0.15) is 33.4 Å². The van der Waals surface area contributed by atoms with Gasteiger partial charge < -0.3 is 25.0 Å². The van der Waals surface area contributed by atoms with Gasteiger partial charge in [-0.25, -0.2) is 9.78 Å². The van der Waals surface area contributed by atoms with Gasteiger partial charge in [-0.3, -0.25) is 9.20 Å². The van der Waals surface area contributed by atoms with Gasteiger partial charge in [-0.05, 0) is 30.2 Å². The molecule has 33 heavy (non-hydrogen) atoms. The van der Waals surface area contributed by atoms with E-state index in [1.165, 1.54) is 11.1 Å². The van der Waals surface area contributed by atoms with Crippen LogP contribution >= 0.6 is 0 Å². The number of anilines is 1. The third-order valence-electron chi connectivity index (χ3n) is 5.67. The lowest BCUT2D eigenvalue weighted by molar-refractivity contribution is 0.0958. The Morgan fingerprint density at radius 3 is 2.82 bits per heavy atom. The number of benzene rings is 1. The molecule has 168 valence electrons. The summed E-state index contributed by atoms with van der Waals surface area (Å²) in [6.07, 6.45) is 2.19. The standard InChI is InChI=1S/C22H20N6O5/c1-12-2-4-14(19-25-21(33-26-19)15-9-27(10-15)22(31)32)6-16(12)24-20(30)17-7-23-18-5-3-13(11-29)8-28(17)18/h2-8,15,29H,9-11H2,1H3,(H,24,30)(H,31,32). The zero-order chi connectivity index (χ0) is 23.1. The molecule has 1 aromatic carbocycles. The van der Waals surface area contributed by atoms with Gasteiger partial charge in [-0.1, -0.05) is 23.4 Å². The fourth-order valence-electron chi connectivity index (χ4n) is 3.68. The Morgan fingerprint density at radius 1 is 1.24 bits per heavy atom. The van der Waals surface area contributed by atoms with Crippen molar-refractivity contribution >= 4 is 23.3 Å². The molecule has 11 heteroatoms. The lowest BCUT2D eigenvalue weighted by Gasteiger charge is -2.34. The monoisotopic (exact) mass is 448 g/mol. The number of carbonyl (C=O) groups is 2. The second kappa shape index (κ2) is 8.02. The van der Waals surface area contributed by atoms with Crippen molar-refractivity contribution in [1.29, 1.82) is 0 Å². The van der Waals surface area contributed by atoms with E-state index in [4.69, 9.17) is 9.63 Å².